The Balaban J connectivity index is 3.30. The maximum atomic E-state index is 13.3. The molecule has 0 spiro atoms. The largest absolute Gasteiger partial charge is 0.480 e. The zero-order valence-electron chi connectivity index (χ0n) is 9.72. The molecule has 0 heterocycles. The monoisotopic (exact) mass is 296 g/mol. The van der Waals surface area contributed by atoms with Crippen LogP contribution in [-0.2, 0) is 4.79 Å². The average molecular weight is 296 g/mol. The second-order valence-corrected chi connectivity index (χ2v) is 3.73. The van der Waals surface area contributed by atoms with Crippen LogP contribution in [0.2, 0.25) is 0 Å². The van der Waals surface area contributed by atoms with Crippen LogP contribution in [0.3, 0.4) is 0 Å². The SMILES string of the molecule is O=C(O)CN(CC(F)(F)F)c1cccc(F)c1[N+](=O)[O-]. The van der Waals surface area contributed by atoms with Crippen molar-refractivity contribution in [3.05, 3.63) is 34.1 Å². The number of alkyl halides is 3. The molecule has 1 aromatic carbocycles. The highest BCUT2D eigenvalue weighted by Gasteiger charge is 2.35. The minimum absolute atomic E-state index is 0.184. The fraction of sp³-hybridized carbons (Fsp3) is 0.300. The maximum absolute atomic E-state index is 13.3. The van der Waals surface area contributed by atoms with Crippen molar-refractivity contribution in [3.8, 4) is 0 Å². The van der Waals surface area contributed by atoms with Gasteiger partial charge in [-0.05, 0) is 12.1 Å². The first-order valence-electron chi connectivity index (χ1n) is 5.08. The molecule has 6 nitrogen and oxygen atoms in total. The van der Waals surface area contributed by atoms with Crippen molar-refractivity contribution in [2.45, 2.75) is 6.18 Å². The molecule has 0 aromatic heterocycles. The first-order chi connectivity index (χ1) is 9.11. The summed E-state index contributed by atoms with van der Waals surface area (Å²) in [6.07, 6.45) is -4.80. The van der Waals surface area contributed by atoms with E-state index < -0.39 is 47.4 Å². The van der Waals surface area contributed by atoms with E-state index in [1.807, 2.05) is 0 Å². The van der Waals surface area contributed by atoms with Gasteiger partial charge in [0.05, 0.1) is 4.92 Å². The second-order valence-electron chi connectivity index (χ2n) is 3.73. The van der Waals surface area contributed by atoms with E-state index >= 15 is 0 Å². The first-order valence-corrected chi connectivity index (χ1v) is 5.08. The molecule has 1 aromatic rings. The Bertz CT molecular complexity index is 532. The van der Waals surface area contributed by atoms with Crippen LogP contribution in [0.5, 0.6) is 0 Å². The Labute approximate surface area is 109 Å². The van der Waals surface area contributed by atoms with Gasteiger partial charge in [0.25, 0.3) is 0 Å². The molecule has 0 aliphatic carbocycles. The molecular formula is C10H8F4N2O4. The third-order valence-corrected chi connectivity index (χ3v) is 2.19. The van der Waals surface area contributed by atoms with E-state index in [1.54, 1.807) is 0 Å². The van der Waals surface area contributed by atoms with Crippen molar-refractivity contribution in [3.63, 3.8) is 0 Å². The predicted molar refractivity (Wildman–Crippen MR) is 59.0 cm³/mol. The molecule has 1 N–H and O–H groups in total. The van der Waals surface area contributed by atoms with Crippen LogP contribution in [0.4, 0.5) is 28.9 Å². The van der Waals surface area contributed by atoms with Gasteiger partial charge in [0, 0.05) is 0 Å². The number of nitrogens with zero attached hydrogens (tertiary/aromatic N) is 2. The van der Waals surface area contributed by atoms with Crippen molar-refractivity contribution >= 4 is 17.3 Å². The smallest absolute Gasteiger partial charge is 0.405 e. The molecule has 0 saturated heterocycles. The Morgan fingerprint density at radius 3 is 2.45 bits per heavy atom. The molecule has 0 atom stereocenters. The third-order valence-electron chi connectivity index (χ3n) is 2.19. The van der Waals surface area contributed by atoms with E-state index in [0.717, 1.165) is 12.1 Å². The van der Waals surface area contributed by atoms with Crippen LogP contribution in [0.25, 0.3) is 0 Å². The summed E-state index contributed by atoms with van der Waals surface area (Å²) >= 11 is 0. The molecule has 0 aliphatic rings. The summed E-state index contributed by atoms with van der Waals surface area (Å²) < 4.78 is 50.5. The summed E-state index contributed by atoms with van der Waals surface area (Å²) in [5.41, 5.74) is -1.94. The lowest BCUT2D eigenvalue weighted by Crippen LogP contribution is -2.38. The molecule has 0 amide bonds. The number of halogens is 4. The number of para-hydroxylation sites is 1. The summed E-state index contributed by atoms with van der Waals surface area (Å²) in [6.45, 7) is -2.90. The lowest BCUT2D eigenvalue weighted by atomic mass is 10.2. The quantitative estimate of drug-likeness (QED) is 0.511. The van der Waals surface area contributed by atoms with Crippen LogP contribution in [0.1, 0.15) is 0 Å². The number of anilines is 1. The van der Waals surface area contributed by atoms with Crippen molar-refractivity contribution in [2.24, 2.45) is 0 Å². The standard InChI is InChI=1S/C10H8F4N2O4/c11-6-2-1-3-7(9(6)16(19)20)15(4-8(17)18)5-10(12,13)14/h1-3H,4-5H2,(H,17,18). The molecule has 20 heavy (non-hydrogen) atoms. The number of nitro benzene ring substituents is 1. The lowest BCUT2D eigenvalue weighted by molar-refractivity contribution is -0.386. The molecule has 1 rings (SSSR count). The summed E-state index contributed by atoms with van der Waals surface area (Å²) in [5, 5.41) is 19.3. The Morgan fingerprint density at radius 2 is 2.00 bits per heavy atom. The van der Waals surface area contributed by atoms with Crippen molar-refractivity contribution in [1.82, 2.24) is 0 Å². The van der Waals surface area contributed by atoms with Crippen LogP contribution < -0.4 is 4.90 Å². The van der Waals surface area contributed by atoms with Gasteiger partial charge in [-0.25, -0.2) is 0 Å². The van der Waals surface area contributed by atoms with E-state index in [0.29, 0.717) is 6.07 Å². The molecule has 0 bridgehead atoms. The molecule has 0 fully saturated rings. The first kappa shape index (κ1) is 15.7. The number of rotatable bonds is 5. The van der Waals surface area contributed by atoms with Crippen LogP contribution in [0, 0.1) is 15.9 Å². The summed E-state index contributed by atoms with van der Waals surface area (Å²) in [4.78, 5) is 20.3. The normalized spacial score (nSPS) is 11.2. The fourth-order valence-electron chi connectivity index (χ4n) is 1.55. The van der Waals surface area contributed by atoms with Crippen molar-refractivity contribution in [2.75, 3.05) is 18.0 Å². The average Bonchev–Trinajstić information content (AvgIpc) is 2.24. The van der Waals surface area contributed by atoms with Crippen molar-refractivity contribution in [1.29, 1.82) is 0 Å². The topological polar surface area (TPSA) is 83.7 Å². The van der Waals surface area contributed by atoms with Gasteiger partial charge < -0.3 is 10.0 Å². The molecule has 0 saturated carbocycles. The van der Waals surface area contributed by atoms with Gasteiger partial charge in [-0.3, -0.25) is 14.9 Å². The van der Waals surface area contributed by atoms with Gasteiger partial charge >= 0.3 is 17.8 Å². The third kappa shape index (κ3) is 4.07. The lowest BCUT2D eigenvalue weighted by Gasteiger charge is -2.23. The molecule has 0 aliphatic heterocycles. The zero-order valence-corrected chi connectivity index (χ0v) is 9.72. The number of nitro groups is 1. The van der Waals surface area contributed by atoms with Gasteiger partial charge in [0.15, 0.2) is 0 Å². The fourth-order valence-corrected chi connectivity index (χ4v) is 1.55. The number of carboxylic acid groups (broad SMARTS) is 1. The minimum atomic E-state index is -4.80. The molecular weight excluding hydrogens is 288 g/mol. The Morgan fingerprint density at radius 1 is 1.40 bits per heavy atom. The summed E-state index contributed by atoms with van der Waals surface area (Å²) in [5.74, 6) is -2.97. The number of carbonyl (C=O) groups is 1. The summed E-state index contributed by atoms with van der Waals surface area (Å²) in [7, 11) is 0. The number of hydrogen-bond donors (Lipinski definition) is 1. The highest BCUT2D eigenvalue weighted by Crippen LogP contribution is 2.32. The van der Waals surface area contributed by atoms with Crippen molar-refractivity contribution < 1.29 is 32.4 Å². The minimum Gasteiger partial charge on any atom is -0.480 e. The van der Waals surface area contributed by atoms with Gasteiger partial charge in [-0.1, -0.05) is 6.07 Å². The highest BCUT2D eigenvalue weighted by molar-refractivity contribution is 5.76. The van der Waals surface area contributed by atoms with Crippen LogP contribution >= 0.6 is 0 Å². The van der Waals surface area contributed by atoms with E-state index in [-0.39, 0.29) is 4.90 Å². The van der Waals surface area contributed by atoms with Gasteiger partial charge in [0.1, 0.15) is 18.8 Å². The van der Waals surface area contributed by atoms with Gasteiger partial charge in [-0.2, -0.15) is 17.6 Å². The molecule has 0 unspecified atom stereocenters. The summed E-state index contributed by atoms with van der Waals surface area (Å²) in [6, 6.07) is 2.52. The Kier molecular flexibility index (Phi) is 4.48. The van der Waals surface area contributed by atoms with Gasteiger partial charge in [0.2, 0.25) is 5.82 Å². The van der Waals surface area contributed by atoms with Crippen LogP contribution in [-0.4, -0.2) is 35.3 Å². The number of carboxylic acids is 1. The zero-order chi connectivity index (χ0) is 15.5. The molecule has 110 valence electrons. The number of benzene rings is 1. The van der Waals surface area contributed by atoms with Gasteiger partial charge in [-0.15, -0.1) is 0 Å². The second kappa shape index (κ2) is 5.72. The highest BCUT2D eigenvalue weighted by atomic mass is 19.4. The number of hydrogen-bond acceptors (Lipinski definition) is 4. The predicted octanol–water partition coefficient (Wildman–Crippen LogP) is 2.19. The Hall–Kier alpha value is -2.39. The van der Waals surface area contributed by atoms with E-state index in [4.69, 9.17) is 5.11 Å². The van der Waals surface area contributed by atoms with E-state index in [9.17, 15) is 32.5 Å². The molecule has 0 radical (unpaired) electrons. The maximum Gasteiger partial charge on any atom is 0.405 e. The number of aliphatic carboxylic acids is 1. The molecule has 10 heteroatoms. The van der Waals surface area contributed by atoms with Crippen LogP contribution in [0.15, 0.2) is 18.2 Å². The van der Waals surface area contributed by atoms with E-state index in [1.165, 1.54) is 0 Å². The van der Waals surface area contributed by atoms with E-state index in [2.05, 4.69) is 0 Å².